The van der Waals surface area contributed by atoms with E-state index < -0.39 is 6.10 Å². The maximum Gasteiger partial charge on any atom is 0.165 e. The second-order valence-electron chi connectivity index (χ2n) is 3.29. The molecule has 0 aliphatic rings. The van der Waals surface area contributed by atoms with Gasteiger partial charge in [0.05, 0.1) is 0 Å². The fourth-order valence-corrected chi connectivity index (χ4v) is 1.50. The number of methoxy groups -OCH3 is 1. The Labute approximate surface area is 84.9 Å². The molecular weight excluding hydrogens is 176 g/mol. The number of ether oxygens (including phenoxy) is 1. The lowest BCUT2D eigenvalue weighted by molar-refractivity contribution is -0.128. The predicted octanol–water partition coefficient (Wildman–Crippen LogP) is 2.66. The topological polar surface area (TPSA) is 26.3 Å². The van der Waals surface area contributed by atoms with Crippen LogP contribution in [-0.4, -0.2) is 12.9 Å². The van der Waals surface area contributed by atoms with Gasteiger partial charge in [-0.25, -0.2) is 0 Å². The van der Waals surface area contributed by atoms with Gasteiger partial charge in [0.25, 0.3) is 0 Å². The van der Waals surface area contributed by atoms with Gasteiger partial charge in [0, 0.05) is 13.5 Å². The summed E-state index contributed by atoms with van der Waals surface area (Å²) >= 11 is 0. The van der Waals surface area contributed by atoms with E-state index in [9.17, 15) is 4.79 Å². The van der Waals surface area contributed by atoms with Crippen molar-refractivity contribution >= 4 is 5.78 Å². The van der Waals surface area contributed by atoms with Crippen LogP contribution >= 0.6 is 0 Å². The summed E-state index contributed by atoms with van der Waals surface area (Å²) in [5.74, 6) is 0.127. The van der Waals surface area contributed by atoms with E-state index in [-0.39, 0.29) is 5.78 Å². The molecule has 0 radical (unpaired) electrons. The van der Waals surface area contributed by atoms with Crippen LogP contribution in [0.3, 0.4) is 0 Å². The molecule has 76 valence electrons. The maximum absolute atomic E-state index is 11.6. The molecule has 2 heteroatoms. The van der Waals surface area contributed by atoms with Crippen molar-refractivity contribution in [3.8, 4) is 0 Å². The zero-order valence-electron chi connectivity index (χ0n) is 8.91. The Morgan fingerprint density at radius 1 is 1.43 bits per heavy atom. The number of aryl methyl sites for hydroxylation is 1. The first-order valence-electron chi connectivity index (χ1n) is 4.81. The first-order chi connectivity index (χ1) is 6.70. The van der Waals surface area contributed by atoms with E-state index in [4.69, 9.17) is 4.74 Å². The highest BCUT2D eigenvalue weighted by Crippen LogP contribution is 2.22. The lowest BCUT2D eigenvalue weighted by Crippen LogP contribution is -2.14. The second kappa shape index (κ2) is 4.91. The fourth-order valence-electron chi connectivity index (χ4n) is 1.50. The molecule has 1 aromatic carbocycles. The Balaban J connectivity index is 3.01. The summed E-state index contributed by atoms with van der Waals surface area (Å²) in [5, 5.41) is 0. The van der Waals surface area contributed by atoms with Crippen molar-refractivity contribution in [2.24, 2.45) is 0 Å². The van der Waals surface area contributed by atoms with E-state index in [1.165, 1.54) is 0 Å². The quantitative estimate of drug-likeness (QED) is 0.733. The van der Waals surface area contributed by atoms with Crippen LogP contribution in [0.15, 0.2) is 24.3 Å². The van der Waals surface area contributed by atoms with Gasteiger partial charge in [-0.2, -0.15) is 0 Å². The van der Waals surface area contributed by atoms with Gasteiger partial charge in [0.2, 0.25) is 0 Å². The number of carbonyl (C=O) groups excluding carboxylic acids is 1. The summed E-state index contributed by atoms with van der Waals surface area (Å²) in [7, 11) is 1.57. The summed E-state index contributed by atoms with van der Waals surface area (Å²) in [6.45, 7) is 3.84. The number of carbonyl (C=O) groups is 1. The highest BCUT2D eigenvalue weighted by atomic mass is 16.5. The molecule has 0 aromatic heterocycles. The Hall–Kier alpha value is -1.15. The molecule has 0 aliphatic carbocycles. The van der Waals surface area contributed by atoms with Gasteiger partial charge in [-0.05, 0) is 18.1 Å². The third kappa shape index (κ3) is 2.20. The minimum Gasteiger partial charge on any atom is -0.369 e. The molecule has 1 aromatic rings. The van der Waals surface area contributed by atoms with E-state index in [1.807, 2.05) is 38.1 Å². The third-order valence-electron chi connectivity index (χ3n) is 2.35. The van der Waals surface area contributed by atoms with Gasteiger partial charge < -0.3 is 4.74 Å². The van der Waals surface area contributed by atoms with Crippen molar-refractivity contribution in [3.05, 3.63) is 35.4 Å². The van der Waals surface area contributed by atoms with Gasteiger partial charge in [-0.1, -0.05) is 31.2 Å². The number of benzene rings is 1. The summed E-state index contributed by atoms with van der Waals surface area (Å²) in [5.41, 5.74) is 2.07. The predicted molar refractivity (Wildman–Crippen MR) is 56.2 cm³/mol. The van der Waals surface area contributed by atoms with Crippen LogP contribution in [0, 0.1) is 6.92 Å². The van der Waals surface area contributed by atoms with Crippen LogP contribution in [0.1, 0.15) is 30.6 Å². The van der Waals surface area contributed by atoms with Crippen LogP contribution in [0.2, 0.25) is 0 Å². The van der Waals surface area contributed by atoms with Crippen molar-refractivity contribution < 1.29 is 9.53 Å². The molecule has 0 aliphatic heterocycles. The molecular formula is C12H16O2. The molecule has 1 unspecified atom stereocenters. The van der Waals surface area contributed by atoms with Crippen molar-refractivity contribution in [1.29, 1.82) is 0 Å². The Bertz CT molecular complexity index is 318. The highest BCUT2D eigenvalue weighted by molar-refractivity contribution is 5.84. The highest BCUT2D eigenvalue weighted by Gasteiger charge is 2.19. The molecule has 0 saturated heterocycles. The van der Waals surface area contributed by atoms with E-state index in [0.717, 1.165) is 11.1 Å². The average Bonchev–Trinajstić information content (AvgIpc) is 2.21. The van der Waals surface area contributed by atoms with Crippen molar-refractivity contribution in [2.75, 3.05) is 7.11 Å². The molecule has 1 rings (SSSR count). The summed E-state index contributed by atoms with van der Waals surface area (Å²) < 4.78 is 5.22. The zero-order chi connectivity index (χ0) is 10.6. The van der Waals surface area contributed by atoms with Gasteiger partial charge in [-0.15, -0.1) is 0 Å². The first-order valence-corrected chi connectivity index (χ1v) is 4.81. The lowest BCUT2D eigenvalue weighted by atomic mass is 9.99. The third-order valence-corrected chi connectivity index (χ3v) is 2.35. The minimum atomic E-state index is -0.402. The molecule has 1 atom stereocenters. The van der Waals surface area contributed by atoms with Gasteiger partial charge in [0.1, 0.15) is 6.10 Å². The molecule has 0 bridgehead atoms. The largest absolute Gasteiger partial charge is 0.369 e. The van der Waals surface area contributed by atoms with Gasteiger partial charge in [-0.3, -0.25) is 4.79 Å². The molecule has 0 amide bonds. The van der Waals surface area contributed by atoms with Gasteiger partial charge in [0.15, 0.2) is 5.78 Å². The van der Waals surface area contributed by atoms with Crippen LogP contribution in [0.4, 0.5) is 0 Å². The van der Waals surface area contributed by atoms with Crippen molar-refractivity contribution in [2.45, 2.75) is 26.4 Å². The smallest absolute Gasteiger partial charge is 0.165 e. The number of ketones is 1. The standard InChI is InChI=1S/C12H16O2/c1-4-11(13)12(14-3)10-8-6-5-7-9(10)2/h5-8,12H,4H2,1-3H3. The molecule has 0 saturated carbocycles. The summed E-state index contributed by atoms with van der Waals surface area (Å²) in [4.78, 5) is 11.6. The van der Waals surface area contributed by atoms with Crippen LogP contribution in [0.25, 0.3) is 0 Å². The molecule has 0 N–H and O–H groups in total. The monoisotopic (exact) mass is 192 g/mol. The van der Waals surface area contributed by atoms with E-state index >= 15 is 0 Å². The first kappa shape index (κ1) is 10.9. The Morgan fingerprint density at radius 3 is 2.57 bits per heavy atom. The molecule has 0 fully saturated rings. The number of Topliss-reactive ketones (excluding diaryl/α,β-unsaturated/α-hetero) is 1. The molecule has 14 heavy (non-hydrogen) atoms. The average molecular weight is 192 g/mol. The number of rotatable bonds is 4. The van der Waals surface area contributed by atoms with E-state index in [1.54, 1.807) is 7.11 Å². The fraction of sp³-hybridized carbons (Fsp3) is 0.417. The normalized spacial score (nSPS) is 12.5. The van der Waals surface area contributed by atoms with Crippen molar-refractivity contribution in [1.82, 2.24) is 0 Å². The summed E-state index contributed by atoms with van der Waals surface area (Å²) in [6.07, 6.45) is 0.105. The Morgan fingerprint density at radius 2 is 2.07 bits per heavy atom. The van der Waals surface area contributed by atoms with E-state index in [0.29, 0.717) is 6.42 Å². The zero-order valence-corrected chi connectivity index (χ0v) is 8.91. The minimum absolute atomic E-state index is 0.127. The second-order valence-corrected chi connectivity index (χ2v) is 3.29. The molecule has 2 nitrogen and oxygen atoms in total. The molecule has 0 spiro atoms. The molecule has 0 heterocycles. The van der Waals surface area contributed by atoms with Crippen LogP contribution < -0.4 is 0 Å². The number of hydrogen-bond acceptors (Lipinski definition) is 2. The SMILES string of the molecule is CCC(=O)C(OC)c1ccccc1C. The van der Waals surface area contributed by atoms with Gasteiger partial charge >= 0.3 is 0 Å². The Kier molecular flexibility index (Phi) is 3.84. The van der Waals surface area contributed by atoms with Crippen LogP contribution in [0.5, 0.6) is 0 Å². The van der Waals surface area contributed by atoms with E-state index in [2.05, 4.69) is 0 Å². The number of hydrogen-bond donors (Lipinski definition) is 0. The van der Waals surface area contributed by atoms with Crippen molar-refractivity contribution in [3.63, 3.8) is 0 Å². The van der Waals surface area contributed by atoms with Crippen LogP contribution in [-0.2, 0) is 9.53 Å². The lowest BCUT2D eigenvalue weighted by Gasteiger charge is -2.15. The maximum atomic E-state index is 11.6. The summed E-state index contributed by atoms with van der Waals surface area (Å²) in [6, 6.07) is 7.82.